The summed E-state index contributed by atoms with van der Waals surface area (Å²) in [5, 5.41) is 0. The fourth-order valence-electron chi connectivity index (χ4n) is 2.34. The van der Waals surface area contributed by atoms with Gasteiger partial charge in [0.25, 0.3) is 5.56 Å². The molecule has 0 aliphatic rings. The van der Waals surface area contributed by atoms with Crippen molar-refractivity contribution < 1.29 is 22.3 Å². The third-order valence-corrected chi connectivity index (χ3v) is 3.73. The normalized spacial score (nSPS) is 10.8. The van der Waals surface area contributed by atoms with Crippen LogP contribution >= 0.6 is 0 Å². The van der Waals surface area contributed by atoms with Crippen LogP contribution in [0.25, 0.3) is 0 Å². The lowest BCUT2D eigenvalue weighted by atomic mass is 10.2. The van der Waals surface area contributed by atoms with Crippen molar-refractivity contribution in [2.75, 3.05) is 0 Å². The van der Waals surface area contributed by atoms with E-state index < -0.39 is 28.8 Å². The summed E-state index contributed by atoms with van der Waals surface area (Å²) in [5.74, 6) is -2.69. The fraction of sp³-hybridized carbons (Fsp3) is 0.105. The molecule has 0 unspecified atom stereocenters. The van der Waals surface area contributed by atoms with Crippen molar-refractivity contribution in [1.29, 1.82) is 0 Å². The van der Waals surface area contributed by atoms with Gasteiger partial charge in [0.1, 0.15) is 35.6 Å². The summed E-state index contributed by atoms with van der Waals surface area (Å²) in [4.78, 5) is 12.1. The van der Waals surface area contributed by atoms with Crippen LogP contribution in [-0.4, -0.2) is 4.57 Å². The maximum atomic E-state index is 13.7. The van der Waals surface area contributed by atoms with E-state index >= 15 is 0 Å². The molecule has 0 aliphatic carbocycles. The summed E-state index contributed by atoms with van der Waals surface area (Å²) >= 11 is 0. The molecule has 2 aromatic carbocycles. The van der Waals surface area contributed by atoms with E-state index in [1.165, 1.54) is 35.0 Å². The highest BCUT2D eigenvalue weighted by Gasteiger charge is 2.08. The molecule has 0 N–H and O–H groups in total. The fourth-order valence-corrected chi connectivity index (χ4v) is 2.34. The van der Waals surface area contributed by atoms with E-state index in [1.54, 1.807) is 0 Å². The van der Waals surface area contributed by atoms with Crippen LogP contribution in [-0.2, 0) is 13.2 Å². The summed E-state index contributed by atoms with van der Waals surface area (Å²) in [6.07, 6.45) is 1.39. The smallest absolute Gasteiger partial charge is 0.254 e. The first-order chi connectivity index (χ1) is 12.4. The number of aromatic nitrogens is 1. The van der Waals surface area contributed by atoms with Crippen molar-refractivity contribution in [1.82, 2.24) is 4.57 Å². The van der Waals surface area contributed by atoms with E-state index in [4.69, 9.17) is 4.74 Å². The third kappa shape index (κ3) is 4.11. The topological polar surface area (TPSA) is 31.2 Å². The van der Waals surface area contributed by atoms with E-state index in [-0.39, 0.29) is 30.0 Å². The minimum Gasteiger partial charge on any atom is -0.489 e. The molecule has 0 bridgehead atoms. The molecule has 0 aliphatic heterocycles. The zero-order valence-electron chi connectivity index (χ0n) is 13.4. The Morgan fingerprint density at radius 1 is 0.808 bits per heavy atom. The van der Waals surface area contributed by atoms with Gasteiger partial charge >= 0.3 is 0 Å². The van der Waals surface area contributed by atoms with E-state index in [1.807, 2.05) is 0 Å². The van der Waals surface area contributed by atoms with Gasteiger partial charge in [0.15, 0.2) is 0 Å². The Labute approximate surface area is 146 Å². The summed E-state index contributed by atoms with van der Waals surface area (Å²) in [5.41, 5.74) is -0.162. The van der Waals surface area contributed by atoms with Crippen molar-refractivity contribution in [2.45, 2.75) is 13.2 Å². The maximum absolute atomic E-state index is 13.7. The molecule has 0 saturated heterocycles. The maximum Gasteiger partial charge on any atom is 0.254 e. The highest BCUT2D eigenvalue weighted by molar-refractivity contribution is 5.23. The zero-order valence-corrected chi connectivity index (χ0v) is 13.4. The van der Waals surface area contributed by atoms with Crippen LogP contribution in [0.4, 0.5) is 17.6 Å². The first-order valence-electron chi connectivity index (χ1n) is 7.63. The van der Waals surface area contributed by atoms with Crippen LogP contribution in [0.2, 0.25) is 0 Å². The molecule has 0 radical (unpaired) electrons. The monoisotopic (exact) mass is 363 g/mol. The van der Waals surface area contributed by atoms with E-state index in [0.29, 0.717) is 0 Å². The van der Waals surface area contributed by atoms with Crippen LogP contribution < -0.4 is 10.3 Å². The van der Waals surface area contributed by atoms with Crippen LogP contribution in [0, 0.1) is 23.3 Å². The Morgan fingerprint density at radius 3 is 2.00 bits per heavy atom. The van der Waals surface area contributed by atoms with Gasteiger partial charge in [-0.2, -0.15) is 0 Å². The zero-order chi connectivity index (χ0) is 18.7. The molecule has 0 atom stereocenters. The molecule has 0 saturated carbocycles. The van der Waals surface area contributed by atoms with Crippen molar-refractivity contribution in [3.63, 3.8) is 0 Å². The highest BCUT2D eigenvalue weighted by Crippen LogP contribution is 2.15. The lowest BCUT2D eigenvalue weighted by molar-refractivity contribution is 0.298. The Kier molecular flexibility index (Phi) is 5.06. The number of hydrogen-bond acceptors (Lipinski definition) is 2. The Morgan fingerprint density at radius 2 is 1.42 bits per heavy atom. The lowest BCUT2D eigenvalue weighted by Gasteiger charge is -2.10. The molecule has 3 nitrogen and oxygen atoms in total. The van der Waals surface area contributed by atoms with Gasteiger partial charge in [-0.3, -0.25) is 4.79 Å². The number of halogens is 4. The van der Waals surface area contributed by atoms with Gasteiger partial charge in [-0.1, -0.05) is 6.07 Å². The van der Waals surface area contributed by atoms with Crippen molar-refractivity contribution in [2.24, 2.45) is 0 Å². The number of hydrogen-bond donors (Lipinski definition) is 0. The standard InChI is InChI=1S/C19H13F4NO2/c20-14-3-1-12(17(22)7-14)10-24-6-5-16(9-19(24)25)26-11-13-2-4-15(21)8-18(13)23/h1-9H,10-11H2. The van der Waals surface area contributed by atoms with Gasteiger partial charge in [0, 0.05) is 35.5 Å². The predicted octanol–water partition coefficient (Wildman–Crippen LogP) is 4.03. The quantitative estimate of drug-likeness (QED) is 0.641. The van der Waals surface area contributed by atoms with Crippen LogP contribution in [0.1, 0.15) is 11.1 Å². The molecule has 3 rings (SSSR count). The average molecular weight is 363 g/mol. The minimum absolute atomic E-state index is 0.0716. The van der Waals surface area contributed by atoms with Crippen molar-refractivity contribution in [3.8, 4) is 5.75 Å². The second kappa shape index (κ2) is 7.43. The molecule has 7 heteroatoms. The molecule has 0 amide bonds. The lowest BCUT2D eigenvalue weighted by Crippen LogP contribution is -2.19. The molecule has 134 valence electrons. The molecule has 1 heterocycles. The molecule has 26 heavy (non-hydrogen) atoms. The summed E-state index contributed by atoms with van der Waals surface area (Å²) in [7, 11) is 0. The number of benzene rings is 2. The SMILES string of the molecule is O=c1cc(OCc2ccc(F)cc2F)ccn1Cc1ccc(F)cc1F. The molecular weight excluding hydrogens is 350 g/mol. The van der Waals surface area contributed by atoms with Gasteiger partial charge in [-0.15, -0.1) is 0 Å². The summed E-state index contributed by atoms with van der Waals surface area (Å²) in [6.45, 7) is -0.250. The van der Waals surface area contributed by atoms with E-state index in [9.17, 15) is 22.4 Å². The molecule has 0 spiro atoms. The van der Waals surface area contributed by atoms with E-state index in [0.717, 1.165) is 24.3 Å². The van der Waals surface area contributed by atoms with Gasteiger partial charge in [0.05, 0.1) is 6.54 Å². The predicted molar refractivity (Wildman–Crippen MR) is 86.9 cm³/mol. The van der Waals surface area contributed by atoms with Crippen LogP contribution in [0.3, 0.4) is 0 Å². The van der Waals surface area contributed by atoms with Gasteiger partial charge < -0.3 is 9.30 Å². The van der Waals surface area contributed by atoms with E-state index in [2.05, 4.69) is 0 Å². The minimum atomic E-state index is -0.746. The average Bonchev–Trinajstić information content (AvgIpc) is 2.58. The Hall–Kier alpha value is -3.09. The second-order valence-corrected chi connectivity index (χ2v) is 5.59. The largest absolute Gasteiger partial charge is 0.489 e. The molecule has 1 aromatic heterocycles. The van der Waals surface area contributed by atoms with Crippen molar-refractivity contribution >= 4 is 0 Å². The van der Waals surface area contributed by atoms with Gasteiger partial charge in [0.2, 0.25) is 0 Å². The van der Waals surface area contributed by atoms with Crippen LogP contribution in [0.5, 0.6) is 5.75 Å². The Bertz CT molecular complexity index is 1000. The Balaban J connectivity index is 1.72. The number of nitrogens with zero attached hydrogens (tertiary/aromatic N) is 1. The summed E-state index contributed by atoms with van der Waals surface area (Å²) < 4.78 is 59.6. The first-order valence-corrected chi connectivity index (χ1v) is 7.63. The molecule has 0 fully saturated rings. The number of ether oxygens (including phenoxy) is 1. The molecule has 3 aromatic rings. The number of rotatable bonds is 5. The first kappa shape index (κ1) is 17.7. The third-order valence-electron chi connectivity index (χ3n) is 3.73. The van der Waals surface area contributed by atoms with Crippen molar-refractivity contribution in [3.05, 3.63) is 99.5 Å². The summed E-state index contributed by atoms with van der Waals surface area (Å²) in [6, 6.07) is 8.85. The molecular formula is C19H13F4NO2. The number of pyridine rings is 1. The van der Waals surface area contributed by atoms with Crippen LogP contribution in [0.15, 0.2) is 59.5 Å². The second-order valence-electron chi connectivity index (χ2n) is 5.59. The highest BCUT2D eigenvalue weighted by atomic mass is 19.1. The van der Waals surface area contributed by atoms with Gasteiger partial charge in [-0.05, 0) is 24.3 Å². The van der Waals surface area contributed by atoms with Gasteiger partial charge in [-0.25, -0.2) is 17.6 Å².